The van der Waals surface area contributed by atoms with Gasteiger partial charge in [0.1, 0.15) is 0 Å². The first-order chi connectivity index (χ1) is 10.2. The Hall–Kier alpha value is -1.35. The number of nitrogens with one attached hydrogen (secondary N) is 1. The van der Waals surface area contributed by atoms with Crippen LogP contribution in [0.4, 0.5) is 0 Å². The Balaban J connectivity index is 1.81. The summed E-state index contributed by atoms with van der Waals surface area (Å²) in [5, 5.41) is 3.09. The van der Waals surface area contributed by atoms with Crippen LogP contribution in [0.25, 0.3) is 0 Å². The summed E-state index contributed by atoms with van der Waals surface area (Å²) in [7, 11) is 0. The van der Waals surface area contributed by atoms with E-state index in [-0.39, 0.29) is 11.3 Å². The van der Waals surface area contributed by atoms with Gasteiger partial charge in [-0.05, 0) is 36.3 Å². The van der Waals surface area contributed by atoms with Gasteiger partial charge in [0.05, 0.1) is 0 Å². The predicted octanol–water partition coefficient (Wildman–Crippen LogP) is 3.21. The van der Waals surface area contributed by atoms with E-state index in [1.54, 1.807) is 0 Å². The molecule has 0 aromatic heterocycles. The summed E-state index contributed by atoms with van der Waals surface area (Å²) < 4.78 is 0. The van der Waals surface area contributed by atoms with Crippen molar-refractivity contribution in [3.8, 4) is 0 Å². The van der Waals surface area contributed by atoms with Crippen LogP contribution in [0.3, 0.4) is 0 Å². The molecule has 0 aliphatic heterocycles. The average molecular weight is 288 g/mol. The predicted molar refractivity (Wildman–Crippen MR) is 87.1 cm³/mol. The van der Waals surface area contributed by atoms with Gasteiger partial charge in [0, 0.05) is 13.0 Å². The highest BCUT2D eigenvalue weighted by Gasteiger charge is 2.32. The Morgan fingerprint density at radius 3 is 2.52 bits per heavy atom. The molecule has 1 unspecified atom stereocenters. The third-order valence-corrected chi connectivity index (χ3v) is 4.86. The van der Waals surface area contributed by atoms with Crippen LogP contribution in [-0.4, -0.2) is 19.0 Å². The van der Waals surface area contributed by atoms with Crippen molar-refractivity contribution in [3.05, 3.63) is 35.9 Å². The third kappa shape index (κ3) is 4.57. The van der Waals surface area contributed by atoms with E-state index in [0.717, 1.165) is 12.8 Å². The molecular formula is C18H28N2O. The van der Waals surface area contributed by atoms with Crippen LogP contribution < -0.4 is 11.1 Å². The zero-order valence-corrected chi connectivity index (χ0v) is 13.1. The number of rotatable bonds is 6. The van der Waals surface area contributed by atoms with E-state index in [1.165, 1.54) is 24.8 Å². The lowest BCUT2D eigenvalue weighted by atomic mass is 9.71. The minimum atomic E-state index is 0.0539. The molecule has 1 atom stereocenters. The van der Waals surface area contributed by atoms with Gasteiger partial charge in [0.25, 0.3) is 0 Å². The van der Waals surface area contributed by atoms with Crippen molar-refractivity contribution in [3.63, 3.8) is 0 Å². The van der Waals surface area contributed by atoms with Crippen molar-refractivity contribution in [2.24, 2.45) is 11.1 Å². The molecule has 21 heavy (non-hydrogen) atoms. The number of hydrogen-bond acceptors (Lipinski definition) is 2. The van der Waals surface area contributed by atoms with Crippen LogP contribution in [0.15, 0.2) is 30.3 Å². The maximum Gasteiger partial charge on any atom is 0.220 e. The van der Waals surface area contributed by atoms with Crippen molar-refractivity contribution in [1.29, 1.82) is 0 Å². The minimum absolute atomic E-state index is 0.0539. The van der Waals surface area contributed by atoms with Gasteiger partial charge in [-0.15, -0.1) is 0 Å². The number of hydrogen-bond donors (Lipinski definition) is 2. The molecule has 1 saturated carbocycles. The van der Waals surface area contributed by atoms with Gasteiger partial charge in [-0.3, -0.25) is 4.79 Å². The van der Waals surface area contributed by atoms with E-state index in [0.29, 0.717) is 25.4 Å². The molecule has 1 amide bonds. The van der Waals surface area contributed by atoms with Crippen molar-refractivity contribution in [2.45, 2.75) is 51.4 Å². The van der Waals surface area contributed by atoms with Crippen LogP contribution in [-0.2, 0) is 4.79 Å². The van der Waals surface area contributed by atoms with Gasteiger partial charge < -0.3 is 11.1 Å². The van der Waals surface area contributed by atoms with E-state index >= 15 is 0 Å². The summed E-state index contributed by atoms with van der Waals surface area (Å²) in [5.74, 6) is 0.500. The second-order valence-electron chi connectivity index (χ2n) is 6.56. The Kier molecular flexibility index (Phi) is 5.80. The van der Waals surface area contributed by atoms with Crippen molar-refractivity contribution in [2.75, 3.05) is 13.1 Å². The standard InChI is InChI=1S/C18H28N2O/c1-15(16-8-4-2-5-9-16)13-20-17(21)12-18(14-19)10-6-3-7-11-18/h2,4-5,8-9,15H,3,6-7,10-14,19H2,1H3,(H,20,21). The number of carbonyl (C=O) groups excluding carboxylic acids is 1. The molecule has 1 aliphatic rings. The number of benzene rings is 1. The largest absolute Gasteiger partial charge is 0.355 e. The quantitative estimate of drug-likeness (QED) is 0.844. The minimum Gasteiger partial charge on any atom is -0.355 e. The fourth-order valence-corrected chi connectivity index (χ4v) is 3.32. The monoisotopic (exact) mass is 288 g/mol. The van der Waals surface area contributed by atoms with Gasteiger partial charge in [-0.1, -0.05) is 56.5 Å². The van der Waals surface area contributed by atoms with E-state index in [2.05, 4.69) is 24.4 Å². The second kappa shape index (κ2) is 7.60. The van der Waals surface area contributed by atoms with E-state index in [4.69, 9.17) is 5.73 Å². The fraction of sp³-hybridized carbons (Fsp3) is 0.611. The molecule has 1 fully saturated rings. The van der Waals surface area contributed by atoms with Crippen molar-refractivity contribution >= 4 is 5.91 Å². The summed E-state index contributed by atoms with van der Waals surface area (Å²) in [6.07, 6.45) is 6.51. The molecule has 0 heterocycles. The maximum atomic E-state index is 12.2. The Labute approximate surface area is 128 Å². The number of amides is 1. The van der Waals surface area contributed by atoms with Crippen LogP contribution in [0.2, 0.25) is 0 Å². The van der Waals surface area contributed by atoms with Crippen molar-refractivity contribution < 1.29 is 4.79 Å². The molecule has 0 bridgehead atoms. The molecule has 116 valence electrons. The van der Waals surface area contributed by atoms with Gasteiger partial charge in [0.2, 0.25) is 5.91 Å². The van der Waals surface area contributed by atoms with Crippen molar-refractivity contribution in [1.82, 2.24) is 5.32 Å². The lowest BCUT2D eigenvalue weighted by Crippen LogP contribution is -2.39. The Morgan fingerprint density at radius 2 is 1.90 bits per heavy atom. The second-order valence-corrected chi connectivity index (χ2v) is 6.56. The van der Waals surface area contributed by atoms with Crippen LogP contribution in [0.1, 0.15) is 56.9 Å². The van der Waals surface area contributed by atoms with Crippen LogP contribution in [0, 0.1) is 5.41 Å². The molecule has 1 aromatic carbocycles. The van der Waals surface area contributed by atoms with Gasteiger partial charge >= 0.3 is 0 Å². The Bertz CT molecular complexity index is 438. The van der Waals surface area contributed by atoms with Crippen LogP contribution >= 0.6 is 0 Å². The highest BCUT2D eigenvalue weighted by Crippen LogP contribution is 2.38. The molecule has 0 spiro atoms. The molecule has 0 radical (unpaired) electrons. The molecule has 1 aliphatic carbocycles. The van der Waals surface area contributed by atoms with E-state index < -0.39 is 0 Å². The first kappa shape index (κ1) is 16.0. The highest BCUT2D eigenvalue weighted by atomic mass is 16.1. The summed E-state index contributed by atoms with van der Waals surface area (Å²) >= 11 is 0. The average Bonchev–Trinajstić information content (AvgIpc) is 2.54. The lowest BCUT2D eigenvalue weighted by Gasteiger charge is -2.35. The van der Waals surface area contributed by atoms with Gasteiger partial charge in [-0.2, -0.15) is 0 Å². The maximum absolute atomic E-state index is 12.2. The smallest absolute Gasteiger partial charge is 0.220 e. The number of carbonyl (C=O) groups is 1. The molecule has 3 heteroatoms. The molecule has 2 rings (SSSR count). The van der Waals surface area contributed by atoms with E-state index in [9.17, 15) is 4.79 Å². The first-order valence-corrected chi connectivity index (χ1v) is 8.17. The summed E-state index contributed by atoms with van der Waals surface area (Å²) in [6, 6.07) is 10.3. The highest BCUT2D eigenvalue weighted by molar-refractivity contribution is 5.76. The lowest BCUT2D eigenvalue weighted by molar-refractivity contribution is -0.123. The zero-order chi connectivity index (χ0) is 15.1. The SMILES string of the molecule is CC(CNC(=O)CC1(CN)CCCCC1)c1ccccc1. The summed E-state index contributed by atoms with van der Waals surface area (Å²) in [5.41, 5.74) is 7.28. The normalized spacial score (nSPS) is 19.0. The molecular weight excluding hydrogens is 260 g/mol. The Morgan fingerprint density at radius 1 is 1.24 bits per heavy atom. The zero-order valence-electron chi connectivity index (χ0n) is 13.1. The molecule has 1 aromatic rings. The van der Waals surface area contributed by atoms with Gasteiger partial charge in [0.15, 0.2) is 0 Å². The first-order valence-electron chi connectivity index (χ1n) is 8.17. The molecule has 3 N–H and O–H groups in total. The van der Waals surface area contributed by atoms with E-state index in [1.807, 2.05) is 18.2 Å². The third-order valence-electron chi connectivity index (χ3n) is 4.86. The molecule has 3 nitrogen and oxygen atoms in total. The summed E-state index contributed by atoms with van der Waals surface area (Å²) in [6.45, 7) is 3.48. The number of nitrogens with two attached hydrogens (primary N) is 1. The fourth-order valence-electron chi connectivity index (χ4n) is 3.32. The van der Waals surface area contributed by atoms with Crippen LogP contribution in [0.5, 0.6) is 0 Å². The topological polar surface area (TPSA) is 55.1 Å². The summed E-state index contributed by atoms with van der Waals surface area (Å²) in [4.78, 5) is 12.2. The molecule has 0 saturated heterocycles. The van der Waals surface area contributed by atoms with Gasteiger partial charge in [-0.25, -0.2) is 0 Å².